The van der Waals surface area contributed by atoms with E-state index in [1.165, 1.54) is 0 Å². The highest BCUT2D eigenvalue weighted by Crippen LogP contribution is 2.16. The van der Waals surface area contributed by atoms with E-state index in [-0.39, 0.29) is 12.5 Å². The lowest BCUT2D eigenvalue weighted by molar-refractivity contribution is 0.0718. The second-order valence-corrected chi connectivity index (χ2v) is 4.64. The molecule has 1 aromatic carbocycles. The Balaban J connectivity index is 2.94. The molecule has 1 rings (SSSR count). The van der Waals surface area contributed by atoms with Crippen LogP contribution in [-0.2, 0) is 0 Å². The van der Waals surface area contributed by atoms with Crippen LogP contribution in [0.15, 0.2) is 18.2 Å². The number of carbonyl (C=O) groups is 1. The fraction of sp³-hybridized carbons (Fsp3) is 0.533. The number of unbranched alkanes of at least 4 members (excludes halogenated alkanes) is 1. The van der Waals surface area contributed by atoms with Crippen LogP contribution in [0.25, 0.3) is 0 Å². The summed E-state index contributed by atoms with van der Waals surface area (Å²) in [4.78, 5) is 14.2. The van der Waals surface area contributed by atoms with Crippen LogP contribution < -0.4 is 0 Å². The van der Waals surface area contributed by atoms with Gasteiger partial charge in [-0.3, -0.25) is 4.79 Å². The van der Waals surface area contributed by atoms with Gasteiger partial charge in [-0.05, 0) is 31.4 Å². The predicted octanol–water partition coefficient (Wildman–Crippen LogP) is 2.54. The Labute approximate surface area is 109 Å². The summed E-state index contributed by atoms with van der Waals surface area (Å²) in [6.45, 7) is 7.14. The average molecular weight is 249 g/mol. The highest BCUT2D eigenvalue weighted by molar-refractivity contribution is 5.97. The van der Waals surface area contributed by atoms with Crippen LogP contribution >= 0.6 is 0 Å². The van der Waals surface area contributed by atoms with Gasteiger partial charge in [0, 0.05) is 18.7 Å². The Morgan fingerprint density at radius 1 is 1.22 bits per heavy atom. The third-order valence-electron chi connectivity index (χ3n) is 3.13. The van der Waals surface area contributed by atoms with Crippen molar-refractivity contribution in [2.24, 2.45) is 0 Å². The molecule has 0 saturated heterocycles. The quantitative estimate of drug-likeness (QED) is 0.841. The topological polar surface area (TPSA) is 40.5 Å². The normalized spacial score (nSPS) is 10.4. The number of carbonyl (C=O) groups excluding carboxylic acids is 1. The molecule has 0 heterocycles. The van der Waals surface area contributed by atoms with Crippen LogP contribution in [0.4, 0.5) is 0 Å². The van der Waals surface area contributed by atoms with Gasteiger partial charge in [0.05, 0.1) is 6.61 Å². The van der Waals surface area contributed by atoms with E-state index in [1.54, 1.807) is 4.90 Å². The molecule has 3 nitrogen and oxygen atoms in total. The number of nitrogens with zero attached hydrogens (tertiary/aromatic N) is 1. The highest BCUT2D eigenvalue weighted by Gasteiger charge is 2.18. The van der Waals surface area contributed by atoms with Crippen LogP contribution in [0, 0.1) is 13.8 Å². The van der Waals surface area contributed by atoms with Crippen molar-refractivity contribution in [1.29, 1.82) is 0 Å². The minimum absolute atomic E-state index is 0.0143. The minimum atomic E-state index is 0.0143. The molecule has 0 aliphatic rings. The summed E-state index contributed by atoms with van der Waals surface area (Å²) in [5.74, 6) is 0.0353. The molecule has 0 atom stereocenters. The number of hydrogen-bond acceptors (Lipinski definition) is 2. The highest BCUT2D eigenvalue weighted by atomic mass is 16.3. The van der Waals surface area contributed by atoms with Crippen molar-refractivity contribution in [3.63, 3.8) is 0 Å². The smallest absolute Gasteiger partial charge is 0.254 e. The number of amides is 1. The van der Waals surface area contributed by atoms with Crippen molar-refractivity contribution in [1.82, 2.24) is 4.90 Å². The molecule has 0 bridgehead atoms. The monoisotopic (exact) mass is 249 g/mol. The summed E-state index contributed by atoms with van der Waals surface area (Å²) in [5.41, 5.74) is 2.78. The van der Waals surface area contributed by atoms with Gasteiger partial charge in [-0.15, -0.1) is 0 Å². The maximum absolute atomic E-state index is 12.5. The molecule has 0 saturated carbocycles. The van der Waals surface area contributed by atoms with Gasteiger partial charge in [0.15, 0.2) is 0 Å². The van der Waals surface area contributed by atoms with Crippen molar-refractivity contribution in [3.05, 3.63) is 34.9 Å². The molecule has 0 radical (unpaired) electrons. The first kappa shape index (κ1) is 14.7. The second kappa shape index (κ2) is 7.17. The Hall–Kier alpha value is -1.35. The predicted molar refractivity (Wildman–Crippen MR) is 73.8 cm³/mol. The summed E-state index contributed by atoms with van der Waals surface area (Å²) >= 11 is 0. The third kappa shape index (κ3) is 3.57. The number of aliphatic hydroxyl groups excluding tert-OH is 1. The number of aliphatic hydroxyl groups is 1. The standard InChI is InChI=1S/C15H23NO2/c1-4-5-9-16(10-11-17)15(18)14-12(2)7-6-8-13(14)3/h6-8,17H,4-5,9-11H2,1-3H3. The van der Waals surface area contributed by atoms with Gasteiger partial charge in [0.2, 0.25) is 0 Å². The maximum atomic E-state index is 12.5. The summed E-state index contributed by atoms with van der Waals surface area (Å²) in [6.07, 6.45) is 2.01. The van der Waals surface area contributed by atoms with Gasteiger partial charge >= 0.3 is 0 Å². The average Bonchev–Trinajstić information content (AvgIpc) is 2.34. The van der Waals surface area contributed by atoms with Gasteiger partial charge in [-0.25, -0.2) is 0 Å². The summed E-state index contributed by atoms with van der Waals surface area (Å²) in [6, 6.07) is 5.87. The van der Waals surface area contributed by atoms with E-state index in [9.17, 15) is 4.79 Å². The zero-order chi connectivity index (χ0) is 13.5. The van der Waals surface area contributed by atoms with Crippen molar-refractivity contribution in [2.75, 3.05) is 19.7 Å². The number of aryl methyl sites for hydroxylation is 2. The largest absolute Gasteiger partial charge is 0.395 e. The molecular formula is C15H23NO2. The maximum Gasteiger partial charge on any atom is 0.254 e. The van der Waals surface area contributed by atoms with Gasteiger partial charge in [-0.1, -0.05) is 31.5 Å². The van der Waals surface area contributed by atoms with Crippen LogP contribution in [0.5, 0.6) is 0 Å². The molecule has 1 amide bonds. The second-order valence-electron chi connectivity index (χ2n) is 4.64. The van der Waals surface area contributed by atoms with E-state index in [0.29, 0.717) is 13.1 Å². The first-order valence-electron chi connectivity index (χ1n) is 6.58. The molecule has 0 aliphatic carbocycles. The lowest BCUT2D eigenvalue weighted by atomic mass is 10.0. The summed E-state index contributed by atoms with van der Waals surface area (Å²) in [7, 11) is 0. The molecule has 0 unspecified atom stereocenters. The van der Waals surface area contributed by atoms with Gasteiger partial charge in [0.1, 0.15) is 0 Å². The number of hydrogen-bond donors (Lipinski definition) is 1. The fourth-order valence-electron chi connectivity index (χ4n) is 2.09. The lowest BCUT2D eigenvalue weighted by Crippen LogP contribution is -2.35. The summed E-state index contributed by atoms with van der Waals surface area (Å²) < 4.78 is 0. The Bertz CT molecular complexity index is 381. The van der Waals surface area contributed by atoms with Crippen molar-refractivity contribution in [2.45, 2.75) is 33.6 Å². The lowest BCUT2D eigenvalue weighted by Gasteiger charge is -2.23. The van der Waals surface area contributed by atoms with Crippen molar-refractivity contribution in [3.8, 4) is 0 Å². The molecule has 0 aromatic heterocycles. The molecule has 0 fully saturated rings. The van der Waals surface area contributed by atoms with Gasteiger partial charge in [-0.2, -0.15) is 0 Å². The van der Waals surface area contributed by atoms with Crippen LogP contribution in [0.2, 0.25) is 0 Å². The summed E-state index contributed by atoms with van der Waals surface area (Å²) in [5, 5.41) is 9.08. The van der Waals surface area contributed by atoms with E-state index in [2.05, 4.69) is 6.92 Å². The molecule has 0 spiro atoms. The van der Waals surface area contributed by atoms with Crippen LogP contribution in [0.3, 0.4) is 0 Å². The van der Waals surface area contributed by atoms with Crippen LogP contribution in [0.1, 0.15) is 41.3 Å². The Kier molecular flexibility index (Phi) is 5.86. The number of rotatable bonds is 6. The zero-order valence-corrected chi connectivity index (χ0v) is 11.6. The van der Waals surface area contributed by atoms with E-state index in [0.717, 1.165) is 29.5 Å². The number of benzene rings is 1. The Morgan fingerprint density at radius 2 is 1.83 bits per heavy atom. The van der Waals surface area contributed by atoms with E-state index in [1.807, 2.05) is 32.0 Å². The van der Waals surface area contributed by atoms with E-state index >= 15 is 0 Å². The first-order valence-corrected chi connectivity index (χ1v) is 6.58. The van der Waals surface area contributed by atoms with Crippen molar-refractivity contribution < 1.29 is 9.90 Å². The molecule has 100 valence electrons. The Morgan fingerprint density at radius 3 is 2.33 bits per heavy atom. The van der Waals surface area contributed by atoms with Crippen LogP contribution in [-0.4, -0.2) is 35.6 Å². The SMILES string of the molecule is CCCCN(CCO)C(=O)c1c(C)cccc1C. The molecule has 0 aliphatic heterocycles. The molecule has 18 heavy (non-hydrogen) atoms. The van der Waals surface area contributed by atoms with E-state index in [4.69, 9.17) is 5.11 Å². The molecule has 1 N–H and O–H groups in total. The fourth-order valence-corrected chi connectivity index (χ4v) is 2.09. The molecule has 3 heteroatoms. The first-order chi connectivity index (χ1) is 8.61. The molecular weight excluding hydrogens is 226 g/mol. The zero-order valence-electron chi connectivity index (χ0n) is 11.6. The van der Waals surface area contributed by atoms with Gasteiger partial charge in [0.25, 0.3) is 5.91 Å². The molecule has 1 aromatic rings. The third-order valence-corrected chi connectivity index (χ3v) is 3.13. The van der Waals surface area contributed by atoms with Crippen molar-refractivity contribution >= 4 is 5.91 Å². The van der Waals surface area contributed by atoms with Gasteiger partial charge < -0.3 is 10.0 Å². The minimum Gasteiger partial charge on any atom is -0.395 e. The van der Waals surface area contributed by atoms with E-state index < -0.39 is 0 Å².